The molecule has 1 heterocycles. The summed E-state index contributed by atoms with van der Waals surface area (Å²) in [6, 6.07) is 0.651. The van der Waals surface area contributed by atoms with Crippen molar-refractivity contribution >= 4 is 0 Å². The van der Waals surface area contributed by atoms with Gasteiger partial charge < -0.3 is 5.73 Å². The molecule has 1 saturated carbocycles. The van der Waals surface area contributed by atoms with Gasteiger partial charge in [0, 0.05) is 37.8 Å². The van der Waals surface area contributed by atoms with E-state index in [0.29, 0.717) is 11.6 Å². The summed E-state index contributed by atoms with van der Waals surface area (Å²) in [5, 5.41) is 0. The van der Waals surface area contributed by atoms with Gasteiger partial charge in [-0.15, -0.1) is 0 Å². The highest BCUT2D eigenvalue weighted by atomic mass is 15.3. The van der Waals surface area contributed by atoms with Crippen LogP contribution in [0, 0.1) is 5.92 Å². The average Bonchev–Trinajstić information content (AvgIpc) is 2.96. The molecule has 1 saturated heterocycles. The summed E-state index contributed by atoms with van der Waals surface area (Å²) in [4.78, 5) is 5.08. The number of piperazine rings is 1. The molecule has 0 amide bonds. The van der Waals surface area contributed by atoms with E-state index in [1.807, 2.05) is 0 Å². The number of hydrogen-bond donors (Lipinski definition) is 1. The first-order chi connectivity index (χ1) is 7.04. The molecule has 0 aromatic heterocycles. The highest BCUT2D eigenvalue weighted by Crippen LogP contribution is 2.36. The molecule has 0 spiro atoms. The first-order valence-corrected chi connectivity index (χ1v) is 6.20. The summed E-state index contributed by atoms with van der Waals surface area (Å²) < 4.78 is 0. The van der Waals surface area contributed by atoms with Crippen molar-refractivity contribution in [3.8, 4) is 0 Å². The van der Waals surface area contributed by atoms with E-state index in [9.17, 15) is 0 Å². The summed E-state index contributed by atoms with van der Waals surface area (Å²) in [6.07, 6.45) is 2.79. The lowest BCUT2D eigenvalue weighted by Crippen LogP contribution is -2.61. The molecule has 1 aliphatic carbocycles. The molecular formula is C12H25N3. The van der Waals surface area contributed by atoms with Crippen molar-refractivity contribution in [2.45, 2.75) is 38.3 Å². The third kappa shape index (κ3) is 2.35. The van der Waals surface area contributed by atoms with Gasteiger partial charge >= 0.3 is 0 Å². The molecule has 2 aliphatic rings. The summed E-state index contributed by atoms with van der Waals surface area (Å²) in [5.74, 6) is 0.897. The van der Waals surface area contributed by atoms with Crippen molar-refractivity contribution in [3.63, 3.8) is 0 Å². The number of nitrogens with zero attached hydrogens (tertiary/aromatic N) is 2. The maximum absolute atomic E-state index is 5.91. The summed E-state index contributed by atoms with van der Waals surface area (Å²) >= 11 is 0. The second kappa shape index (κ2) is 4.04. The number of hydrogen-bond acceptors (Lipinski definition) is 3. The zero-order valence-corrected chi connectivity index (χ0v) is 10.4. The van der Waals surface area contributed by atoms with Crippen LogP contribution in [0.2, 0.25) is 0 Å². The third-order valence-electron chi connectivity index (χ3n) is 4.22. The van der Waals surface area contributed by atoms with Gasteiger partial charge in [0.05, 0.1) is 0 Å². The number of rotatable bonds is 3. The minimum Gasteiger partial charge on any atom is -0.329 e. The molecular weight excluding hydrogens is 186 g/mol. The molecule has 0 bridgehead atoms. The maximum atomic E-state index is 5.91. The minimum atomic E-state index is 0.306. The fourth-order valence-electron chi connectivity index (χ4n) is 2.68. The molecule has 2 N–H and O–H groups in total. The molecule has 0 aromatic carbocycles. The molecule has 0 aromatic rings. The predicted octanol–water partition coefficient (Wildman–Crippen LogP) is 0.750. The minimum absolute atomic E-state index is 0.306. The number of nitrogens with two attached hydrogens (primary N) is 1. The van der Waals surface area contributed by atoms with Crippen molar-refractivity contribution < 1.29 is 0 Å². The van der Waals surface area contributed by atoms with E-state index < -0.39 is 0 Å². The van der Waals surface area contributed by atoms with Crippen LogP contribution >= 0.6 is 0 Å². The molecule has 3 heteroatoms. The molecule has 88 valence electrons. The van der Waals surface area contributed by atoms with Crippen LogP contribution in [0.25, 0.3) is 0 Å². The monoisotopic (exact) mass is 211 g/mol. The Labute approximate surface area is 93.6 Å². The van der Waals surface area contributed by atoms with E-state index in [4.69, 9.17) is 5.73 Å². The van der Waals surface area contributed by atoms with Crippen molar-refractivity contribution in [1.29, 1.82) is 0 Å². The largest absolute Gasteiger partial charge is 0.329 e. The van der Waals surface area contributed by atoms with Crippen LogP contribution in [0.15, 0.2) is 0 Å². The summed E-state index contributed by atoms with van der Waals surface area (Å²) in [6.45, 7) is 9.04. The van der Waals surface area contributed by atoms with Crippen LogP contribution in [0.3, 0.4) is 0 Å². The van der Waals surface area contributed by atoms with Crippen molar-refractivity contribution in [2.75, 3.05) is 33.2 Å². The molecule has 2 fully saturated rings. The Hall–Kier alpha value is -0.120. The Bertz CT molecular complexity index is 223. The van der Waals surface area contributed by atoms with E-state index in [1.54, 1.807) is 0 Å². The van der Waals surface area contributed by atoms with Crippen LogP contribution in [0.5, 0.6) is 0 Å². The molecule has 2 rings (SSSR count). The zero-order chi connectivity index (χ0) is 11.1. The van der Waals surface area contributed by atoms with Gasteiger partial charge in [-0.1, -0.05) is 0 Å². The van der Waals surface area contributed by atoms with Gasteiger partial charge in [-0.05, 0) is 39.7 Å². The highest BCUT2D eigenvalue weighted by molar-refractivity contribution is 4.95. The quantitative estimate of drug-likeness (QED) is 0.748. The summed E-state index contributed by atoms with van der Waals surface area (Å²) in [5.41, 5.74) is 6.22. The molecule has 3 nitrogen and oxygen atoms in total. The zero-order valence-electron chi connectivity index (χ0n) is 10.4. The Morgan fingerprint density at radius 3 is 2.47 bits per heavy atom. The Morgan fingerprint density at radius 1 is 1.33 bits per heavy atom. The van der Waals surface area contributed by atoms with Crippen LogP contribution in [0.4, 0.5) is 0 Å². The standard InChI is InChI=1S/C12H25N3/c1-12(2)9-15(7-6-14(12)3)11(8-13)10-4-5-10/h10-11H,4-9,13H2,1-3H3. The van der Waals surface area contributed by atoms with Crippen LogP contribution in [-0.2, 0) is 0 Å². The van der Waals surface area contributed by atoms with E-state index in [1.165, 1.54) is 32.5 Å². The van der Waals surface area contributed by atoms with Crippen molar-refractivity contribution in [1.82, 2.24) is 9.80 Å². The van der Waals surface area contributed by atoms with E-state index in [0.717, 1.165) is 12.5 Å². The second-order valence-corrected chi connectivity index (χ2v) is 5.84. The van der Waals surface area contributed by atoms with Crippen LogP contribution in [-0.4, -0.2) is 54.6 Å². The summed E-state index contributed by atoms with van der Waals surface area (Å²) in [7, 11) is 2.23. The van der Waals surface area contributed by atoms with Crippen molar-refractivity contribution in [3.05, 3.63) is 0 Å². The van der Waals surface area contributed by atoms with Gasteiger partial charge in [-0.2, -0.15) is 0 Å². The molecule has 0 radical (unpaired) electrons. The van der Waals surface area contributed by atoms with Crippen LogP contribution < -0.4 is 5.73 Å². The molecule has 15 heavy (non-hydrogen) atoms. The lowest BCUT2D eigenvalue weighted by atomic mass is 9.97. The number of likely N-dealkylation sites (N-methyl/N-ethyl adjacent to an activating group) is 1. The van der Waals surface area contributed by atoms with Crippen LogP contribution in [0.1, 0.15) is 26.7 Å². The third-order valence-corrected chi connectivity index (χ3v) is 4.22. The fourth-order valence-corrected chi connectivity index (χ4v) is 2.68. The lowest BCUT2D eigenvalue weighted by Gasteiger charge is -2.48. The predicted molar refractivity (Wildman–Crippen MR) is 63.8 cm³/mol. The van der Waals surface area contributed by atoms with Gasteiger partial charge in [0.2, 0.25) is 0 Å². The van der Waals surface area contributed by atoms with Gasteiger partial charge in [0.1, 0.15) is 0 Å². The normalized spacial score (nSPS) is 30.4. The highest BCUT2D eigenvalue weighted by Gasteiger charge is 2.39. The molecule has 1 aliphatic heterocycles. The fraction of sp³-hybridized carbons (Fsp3) is 1.00. The van der Waals surface area contributed by atoms with E-state index >= 15 is 0 Å². The average molecular weight is 211 g/mol. The Kier molecular flexibility index (Phi) is 3.06. The van der Waals surface area contributed by atoms with Gasteiger partial charge in [-0.25, -0.2) is 0 Å². The van der Waals surface area contributed by atoms with Crippen molar-refractivity contribution in [2.24, 2.45) is 11.7 Å². The van der Waals surface area contributed by atoms with E-state index in [-0.39, 0.29) is 0 Å². The second-order valence-electron chi connectivity index (χ2n) is 5.84. The van der Waals surface area contributed by atoms with E-state index in [2.05, 4.69) is 30.7 Å². The molecule has 1 unspecified atom stereocenters. The lowest BCUT2D eigenvalue weighted by molar-refractivity contribution is 0.0135. The van der Waals surface area contributed by atoms with Gasteiger partial charge in [0.25, 0.3) is 0 Å². The Balaban J connectivity index is 1.98. The Morgan fingerprint density at radius 2 is 2.00 bits per heavy atom. The SMILES string of the molecule is CN1CCN(C(CN)C2CC2)CC1(C)C. The topological polar surface area (TPSA) is 32.5 Å². The smallest absolute Gasteiger partial charge is 0.0277 e. The first-order valence-electron chi connectivity index (χ1n) is 6.20. The molecule has 1 atom stereocenters. The van der Waals surface area contributed by atoms with Gasteiger partial charge in [0.15, 0.2) is 0 Å². The first kappa shape index (κ1) is 11.4. The van der Waals surface area contributed by atoms with Gasteiger partial charge in [-0.3, -0.25) is 9.80 Å². The maximum Gasteiger partial charge on any atom is 0.0277 e.